The second kappa shape index (κ2) is 4.14. The Morgan fingerprint density at radius 3 is 2.93 bits per heavy atom. The maximum absolute atomic E-state index is 5.94. The molecule has 1 aromatic heterocycles. The highest BCUT2D eigenvalue weighted by atomic mass is 15.2. The minimum atomic E-state index is 0.346. The highest BCUT2D eigenvalue weighted by molar-refractivity contribution is 5.40. The average Bonchev–Trinajstić information content (AvgIpc) is 2.17. The van der Waals surface area contributed by atoms with E-state index < -0.39 is 0 Å². The third-order valence-corrected chi connectivity index (χ3v) is 3.00. The minimum absolute atomic E-state index is 0.346. The molecule has 0 aromatic carbocycles. The van der Waals surface area contributed by atoms with Gasteiger partial charge in [0.2, 0.25) is 0 Å². The van der Waals surface area contributed by atoms with Crippen molar-refractivity contribution >= 4 is 5.82 Å². The van der Waals surface area contributed by atoms with Crippen molar-refractivity contribution in [3.05, 3.63) is 18.1 Å². The lowest BCUT2D eigenvalue weighted by Crippen LogP contribution is -2.46. The summed E-state index contributed by atoms with van der Waals surface area (Å²) in [5.74, 6) is 1.03. The average molecular weight is 206 g/mol. The molecule has 1 aromatic rings. The molecule has 15 heavy (non-hydrogen) atoms. The predicted octanol–water partition coefficient (Wildman–Crippen LogP) is 1.10. The third-order valence-electron chi connectivity index (χ3n) is 3.00. The number of anilines is 1. The Morgan fingerprint density at radius 2 is 2.27 bits per heavy atom. The maximum Gasteiger partial charge on any atom is 0.132 e. The number of nitrogens with two attached hydrogens (primary N) is 1. The van der Waals surface area contributed by atoms with E-state index in [0.29, 0.717) is 12.1 Å². The molecular formula is C11H18N4. The topological polar surface area (TPSA) is 55.0 Å². The van der Waals surface area contributed by atoms with Gasteiger partial charge in [-0.25, -0.2) is 9.97 Å². The second-order valence-electron chi connectivity index (χ2n) is 4.34. The summed E-state index contributed by atoms with van der Waals surface area (Å²) in [6, 6.07) is 2.86. The molecule has 0 spiro atoms. The number of hydrogen-bond acceptors (Lipinski definition) is 4. The van der Waals surface area contributed by atoms with Gasteiger partial charge >= 0.3 is 0 Å². The zero-order valence-electron chi connectivity index (χ0n) is 9.35. The summed E-state index contributed by atoms with van der Waals surface area (Å²) < 4.78 is 0. The smallest absolute Gasteiger partial charge is 0.132 e. The van der Waals surface area contributed by atoms with Crippen LogP contribution in [0.25, 0.3) is 0 Å². The van der Waals surface area contributed by atoms with Gasteiger partial charge in [0.15, 0.2) is 0 Å². The number of aromatic nitrogens is 2. The van der Waals surface area contributed by atoms with Gasteiger partial charge in [0, 0.05) is 30.4 Å². The first-order valence-electron chi connectivity index (χ1n) is 5.47. The lowest BCUT2D eigenvalue weighted by molar-refractivity contribution is 0.427. The number of hydrogen-bond donors (Lipinski definition) is 1. The molecule has 1 aliphatic rings. The summed E-state index contributed by atoms with van der Waals surface area (Å²) in [7, 11) is 0. The molecule has 2 N–H and O–H groups in total. The summed E-state index contributed by atoms with van der Waals surface area (Å²) in [6.45, 7) is 5.20. The first-order chi connectivity index (χ1) is 7.16. The predicted molar refractivity (Wildman–Crippen MR) is 60.8 cm³/mol. The molecular weight excluding hydrogens is 188 g/mol. The zero-order chi connectivity index (χ0) is 10.8. The van der Waals surface area contributed by atoms with E-state index in [-0.39, 0.29) is 0 Å². The van der Waals surface area contributed by atoms with Crippen LogP contribution in [0, 0.1) is 6.92 Å². The van der Waals surface area contributed by atoms with E-state index in [1.807, 2.05) is 13.0 Å². The van der Waals surface area contributed by atoms with Crippen LogP contribution < -0.4 is 10.6 Å². The Balaban J connectivity index is 2.17. The van der Waals surface area contributed by atoms with Crippen molar-refractivity contribution in [2.75, 3.05) is 11.4 Å². The lowest BCUT2D eigenvalue weighted by Gasteiger charge is -2.37. The van der Waals surface area contributed by atoms with Crippen LogP contribution in [0.15, 0.2) is 12.4 Å². The molecule has 4 heteroatoms. The monoisotopic (exact) mass is 206 g/mol. The van der Waals surface area contributed by atoms with Gasteiger partial charge in [-0.3, -0.25) is 0 Å². The standard InChI is InChI=1S/C11H18N4/c1-8-5-11(14-7-13-8)15-4-3-10(12)6-9(15)2/h5,7,9-10H,3-4,6,12H2,1-2H3. The number of aryl methyl sites for hydroxylation is 1. The van der Waals surface area contributed by atoms with Crippen LogP contribution in [-0.4, -0.2) is 28.6 Å². The summed E-state index contributed by atoms with van der Waals surface area (Å²) in [5.41, 5.74) is 6.95. The van der Waals surface area contributed by atoms with Crippen molar-refractivity contribution in [1.82, 2.24) is 9.97 Å². The van der Waals surface area contributed by atoms with Gasteiger partial charge in [-0.15, -0.1) is 0 Å². The van der Waals surface area contributed by atoms with E-state index in [1.165, 1.54) is 0 Å². The van der Waals surface area contributed by atoms with Gasteiger partial charge in [0.1, 0.15) is 12.1 Å². The molecule has 2 unspecified atom stereocenters. The van der Waals surface area contributed by atoms with Crippen LogP contribution in [-0.2, 0) is 0 Å². The van der Waals surface area contributed by atoms with E-state index >= 15 is 0 Å². The van der Waals surface area contributed by atoms with E-state index in [0.717, 1.165) is 30.9 Å². The molecule has 1 saturated heterocycles. The van der Waals surface area contributed by atoms with Crippen LogP contribution in [0.2, 0.25) is 0 Å². The van der Waals surface area contributed by atoms with Crippen molar-refractivity contribution < 1.29 is 0 Å². The summed E-state index contributed by atoms with van der Waals surface area (Å²) >= 11 is 0. The number of rotatable bonds is 1. The summed E-state index contributed by atoms with van der Waals surface area (Å²) in [5, 5.41) is 0. The minimum Gasteiger partial charge on any atom is -0.354 e. The fourth-order valence-electron chi connectivity index (χ4n) is 2.15. The molecule has 2 atom stereocenters. The maximum atomic E-state index is 5.94. The van der Waals surface area contributed by atoms with Gasteiger partial charge in [-0.05, 0) is 26.7 Å². The molecule has 2 heterocycles. The second-order valence-corrected chi connectivity index (χ2v) is 4.34. The Kier molecular flexibility index (Phi) is 2.86. The first-order valence-corrected chi connectivity index (χ1v) is 5.47. The molecule has 0 radical (unpaired) electrons. The lowest BCUT2D eigenvalue weighted by atomic mass is 9.99. The summed E-state index contributed by atoms with van der Waals surface area (Å²) in [4.78, 5) is 10.7. The van der Waals surface area contributed by atoms with Crippen molar-refractivity contribution in [1.29, 1.82) is 0 Å². The van der Waals surface area contributed by atoms with Crippen molar-refractivity contribution in [3.8, 4) is 0 Å². The van der Waals surface area contributed by atoms with Crippen molar-refractivity contribution in [2.45, 2.75) is 38.8 Å². The SMILES string of the molecule is Cc1cc(N2CCC(N)CC2C)ncn1. The van der Waals surface area contributed by atoms with Crippen molar-refractivity contribution in [3.63, 3.8) is 0 Å². The van der Waals surface area contributed by atoms with Gasteiger partial charge < -0.3 is 10.6 Å². The van der Waals surface area contributed by atoms with E-state index in [2.05, 4.69) is 21.8 Å². The Morgan fingerprint density at radius 1 is 1.47 bits per heavy atom. The molecule has 82 valence electrons. The summed E-state index contributed by atoms with van der Waals surface area (Å²) in [6.07, 6.45) is 3.72. The van der Waals surface area contributed by atoms with Crippen LogP contribution in [0.4, 0.5) is 5.82 Å². The van der Waals surface area contributed by atoms with Crippen LogP contribution >= 0.6 is 0 Å². The van der Waals surface area contributed by atoms with E-state index in [1.54, 1.807) is 6.33 Å². The number of nitrogens with zero attached hydrogens (tertiary/aromatic N) is 3. The van der Waals surface area contributed by atoms with E-state index in [4.69, 9.17) is 5.73 Å². The van der Waals surface area contributed by atoms with Crippen LogP contribution in [0.5, 0.6) is 0 Å². The molecule has 1 fully saturated rings. The molecule has 0 aliphatic carbocycles. The zero-order valence-corrected chi connectivity index (χ0v) is 9.35. The molecule has 1 aliphatic heterocycles. The molecule has 2 rings (SSSR count). The van der Waals surface area contributed by atoms with Gasteiger partial charge in [0.05, 0.1) is 0 Å². The Labute approximate surface area is 90.5 Å². The Bertz CT molecular complexity index is 339. The molecule has 0 saturated carbocycles. The highest BCUT2D eigenvalue weighted by Gasteiger charge is 2.23. The van der Waals surface area contributed by atoms with Crippen LogP contribution in [0.1, 0.15) is 25.5 Å². The normalized spacial score (nSPS) is 26.7. The highest BCUT2D eigenvalue weighted by Crippen LogP contribution is 2.22. The van der Waals surface area contributed by atoms with Gasteiger partial charge in [0.25, 0.3) is 0 Å². The quantitative estimate of drug-likeness (QED) is 0.747. The fraction of sp³-hybridized carbons (Fsp3) is 0.636. The Hall–Kier alpha value is -1.16. The van der Waals surface area contributed by atoms with Crippen molar-refractivity contribution in [2.24, 2.45) is 5.73 Å². The first kappa shape index (κ1) is 10.4. The largest absolute Gasteiger partial charge is 0.354 e. The van der Waals surface area contributed by atoms with Crippen LogP contribution in [0.3, 0.4) is 0 Å². The molecule has 0 amide bonds. The van der Waals surface area contributed by atoms with E-state index in [9.17, 15) is 0 Å². The third kappa shape index (κ3) is 2.26. The molecule has 0 bridgehead atoms. The molecule has 4 nitrogen and oxygen atoms in total. The fourth-order valence-corrected chi connectivity index (χ4v) is 2.15. The number of piperidine rings is 1. The van der Waals surface area contributed by atoms with Gasteiger partial charge in [-0.1, -0.05) is 0 Å². The van der Waals surface area contributed by atoms with Gasteiger partial charge in [-0.2, -0.15) is 0 Å².